The highest BCUT2D eigenvalue weighted by Gasteiger charge is 2.45. The molecule has 2 N–H and O–H groups in total. The summed E-state index contributed by atoms with van der Waals surface area (Å²) in [5, 5.41) is 17.8. The van der Waals surface area contributed by atoms with Crippen LogP contribution in [0.4, 0.5) is 14.9 Å². The molecule has 3 aromatic rings. The Morgan fingerprint density at radius 2 is 2.03 bits per heavy atom. The van der Waals surface area contributed by atoms with Gasteiger partial charge in [0.05, 0.1) is 5.54 Å². The lowest BCUT2D eigenvalue weighted by molar-refractivity contribution is 0.154. The lowest BCUT2D eigenvalue weighted by atomic mass is 9.91. The minimum Gasteiger partial charge on any atom is -0.331 e. The van der Waals surface area contributed by atoms with E-state index >= 15 is 0 Å². The normalized spacial score (nSPS) is 19.5. The topological polar surface area (TPSA) is 88.0 Å². The number of tetrazole rings is 1. The molecule has 0 bridgehead atoms. The number of benzene rings is 2. The Bertz CT molecular complexity index is 1140. The molecule has 1 aliphatic carbocycles. The van der Waals surface area contributed by atoms with Gasteiger partial charge in [0.1, 0.15) is 5.82 Å². The molecule has 8 nitrogen and oxygen atoms in total. The Labute approximate surface area is 198 Å². The Kier molecular flexibility index (Phi) is 6.28. The number of nitrogens with zero attached hydrogens (tertiary/aromatic N) is 5. The van der Waals surface area contributed by atoms with E-state index < -0.39 is 0 Å². The molecule has 2 aliphatic rings. The summed E-state index contributed by atoms with van der Waals surface area (Å²) in [7, 11) is 1.78. The molecule has 2 fully saturated rings. The third kappa shape index (κ3) is 5.41. The van der Waals surface area contributed by atoms with Crippen LogP contribution in [0.5, 0.6) is 0 Å². The monoisotopic (exact) mass is 463 g/mol. The molecule has 0 spiro atoms. The van der Waals surface area contributed by atoms with Crippen LogP contribution < -0.4 is 10.6 Å². The fourth-order valence-electron chi connectivity index (χ4n) is 4.93. The number of likely N-dealkylation sites (tertiary alicyclic amines) is 1. The smallest absolute Gasteiger partial charge is 0.319 e. The summed E-state index contributed by atoms with van der Waals surface area (Å²) < 4.78 is 14.8. The van der Waals surface area contributed by atoms with Gasteiger partial charge in [-0.25, -0.2) is 13.9 Å². The van der Waals surface area contributed by atoms with Crippen LogP contribution in [0.1, 0.15) is 31.2 Å². The van der Waals surface area contributed by atoms with Gasteiger partial charge >= 0.3 is 6.03 Å². The van der Waals surface area contributed by atoms with E-state index in [0.29, 0.717) is 17.4 Å². The van der Waals surface area contributed by atoms with Crippen LogP contribution in [0, 0.1) is 11.7 Å². The summed E-state index contributed by atoms with van der Waals surface area (Å²) in [6.07, 6.45) is 5.29. The van der Waals surface area contributed by atoms with Gasteiger partial charge in [-0.15, -0.1) is 5.10 Å². The predicted octanol–water partition coefficient (Wildman–Crippen LogP) is 3.63. The lowest BCUT2D eigenvalue weighted by Gasteiger charge is -2.35. The van der Waals surface area contributed by atoms with Crippen molar-refractivity contribution in [1.29, 1.82) is 0 Å². The molecule has 2 heterocycles. The number of rotatable bonds is 7. The fraction of sp³-hybridized carbons (Fsp3) is 0.440. The number of amides is 2. The molecule has 1 saturated carbocycles. The van der Waals surface area contributed by atoms with Crippen molar-refractivity contribution in [3.63, 3.8) is 0 Å². The molecular weight excluding hydrogens is 433 g/mol. The maximum atomic E-state index is 13.2. The number of carbonyl (C=O) groups excluding carboxylic acids is 1. The number of aromatic nitrogens is 4. The highest BCUT2D eigenvalue weighted by atomic mass is 19.1. The molecule has 0 radical (unpaired) electrons. The molecule has 9 heteroatoms. The van der Waals surface area contributed by atoms with Gasteiger partial charge in [0.25, 0.3) is 0 Å². The van der Waals surface area contributed by atoms with Gasteiger partial charge in [-0.2, -0.15) is 0 Å². The second-order valence-electron chi connectivity index (χ2n) is 9.64. The molecule has 0 unspecified atom stereocenters. The second-order valence-corrected chi connectivity index (χ2v) is 9.64. The van der Waals surface area contributed by atoms with Crippen molar-refractivity contribution in [1.82, 2.24) is 30.4 Å². The summed E-state index contributed by atoms with van der Waals surface area (Å²) in [4.78, 5) is 15.3. The Hall–Kier alpha value is -3.33. The van der Waals surface area contributed by atoms with Crippen molar-refractivity contribution in [2.75, 3.05) is 25.0 Å². The molecule has 34 heavy (non-hydrogen) atoms. The zero-order chi connectivity index (χ0) is 23.5. The molecule has 2 aromatic carbocycles. The van der Waals surface area contributed by atoms with Crippen LogP contribution in [0.3, 0.4) is 0 Å². The van der Waals surface area contributed by atoms with Crippen molar-refractivity contribution in [2.45, 2.75) is 37.6 Å². The number of hydrogen-bond donors (Lipinski definition) is 2. The Morgan fingerprint density at radius 1 is 1.21 bits per heavy atom. The first-order valence-corrected chi connectivity index (χ1v) is 11.9. The Balaban J connectivity index is 1.15. The first-order valence-electron chi connectivity index (χ1n) is 11.9. The highest BCUT2D eigenvalue weighted by Crippen LogP contribution is 2.37. The zero-order valence-electron chi connectivity index (χ0n) is 19.4. The summed E-state index contributed by atoms with van der Waals surface area (Å²) in [6, 6.07) is 14.2. The van der Waals surface area contributed by atoms with Crippen LogP contribution in [0.25, 0.3) is 11.4 Å². The van der Waals surface area contributed by atoms with Crippen LogP contribution in [-0.2, 0) is 13.5 Å². The van der Waals surface area contributed by atoms with E-state index in [1.165, 1.54) is 24.1 Å². The summed E-state index contributed by atoms with van der Waals surface area (Å²) in [5.74, 6) is 1.01. The quantitative estimate of drug-likeness (QED) is 0.559. The first kappa shape index (κ1) is 22.5. The number of hydrogen-bond acceptors (Lipinski definition) is 5. The fourth-order valence-corrected chi connectivity index (χ4v) is 4.93. The predicted molar refractivity (Wildman–Crippen MR) is 128 cm³/mol. The molecule has 5 rings (SSSR count). The molecule has 1 aliphatic heterocycles. The average Bonchev–Trinajstić information content (AvgIpc) is 3.41. The minimum atomic E-state index is -0.189. The molecule has 1 saturated heterocycles. The first-order chi connectivity index (χ1) is 16.5. The number of anilines is 1. The number of aryl methyl sites for hydroxylation is 1. The molecule has 1 atom stereocenters. The van der Waals surface area contributed by atoms with Crippen molar-refractivity contribution < 1.29 is 9.18 Å². The van der Waals surface area contributed by atoms with Gasteiger partial charge in [0.2, 0.25) is 0 Å². The van der Waals surface area contributed by atoms with E-state index in [4.69, 9.17) is 0 Å². The molecule has 178 valence electrons. The number of halogens is 1. The van der Waals surface area contributed by atoms with Gasteiger partial charge in [0.15, 0.2) is 5.82 Å². The van der Waals surface area contributed by atoms with Gasteiger partial charge in [0, 0.05) is 31.4 Å². The van der Waals surface area contributed by atoms with E-state index in [2.05, 4.69) is 31.1 Å². The lowest BCUT2D eigenvalue weighted by Crippen LogP contribution is -2.49. The average molecular weight is 464 g/mol. The van der Waals surface area contributed by atoms with E-state index in [-0.39, 0.29) is 17.4 Å². The van der Waals surface area contributed by atoms with E-state index in [1.54, 1.807) is 11.7 Å². The standard InChI is InChI=1S/C25H30FN7O/c1-32-23(29-30-31-32)20-5-2-6-22(15-20)27-24(34)28-25(11-12-25)17-33-13-3-4-19(16-33)14-18-7-9-21(26)10-8-18/h2,5-10,15,19H,3-4,11-14,16-17H2,1H3,(H2,27,28,34)/t19-/m0/s1. The third-order valence-corrected chi connectivity index (χ3v) is 6.80. The van der Waals surface area contributed by atoms with Crippen LogP contribution in [0.15, 0.2) is 48.5 Å². The number of carbonyl (C=O) groups is 1. The van der Waals surface area contributed by atoms with Crippen molar-refractivity contribution in [2.24, 2.45) is 13.0 Å². The van der Waals surface area contributed by atoms with Crippen LogP contribution in [0.2, 0.25) is 0 Å². The maximum absolute atomic E-state index is 13.2. The van der Waals surface area contributed by atoms with Crippen LogP contribution >= 0.6 is 0 Å². The van der Waals surface area contributed by atoms with Gasteiger partial charge in [-0.05, 0) is 84.8 Å². The van der Waals surface area contributed by atoms with Gasteiger partial charge in [-0.1, -0.05) is 24.3 Å². The third-order valence-electron chi connectivity index (χ3n) is 6.80. The molecule has 2 amide bonds. The van der Waals surface area contributed by atoms with Gasteiger partial charge in [-0.3, -0.25) is 0 Å². The van der Waals surface area contributed by atoms with E-state index in [1.807, 2.05) is 36.4 Å². The largest absolute Gasteiger partial charge is 0.331 e. The molecular formula is C25H30FN7O. The Morgan fingerprint density at radius 3 is 2.76 bits per heavy atom. The second kappa shape index (κ2) is 9.50. The summed E-state index contributed by atoms with van der Waals surface area (Å²) >= 11 is 0. The highest BCUT2D eigenvalue weighted by molar-refractivity contribution is 5.90. The van der Waals surface area contributed by atoms with Crippen LogP contribution in [-0.4, -0.2) is 56.3 Å². The zero-order valence-corrected chi connectivity index (χ0v) is 19.4. The number of piperidine rings is 1. The molecule has 1 aromatic heterocycles. The number of nitrogens with one attached hydrogen (secondary N) is 2. The number of urea groups is 1. The SMILES string of the molecule is Cn1nnnc1-c1cccc(NC(=O)NC2(CN3CCC[C@@H](Cc4ccc(F)cc4)C3)CC2)c1. The maximum Gasteiger partial charge on any atom is 0.319 e. The van der Waals surface area contributed by atoms with E-state index in [9.17, 15) is 9.18 Å². The van der Waals surface area contributed by atoms with Crippen molar-refractivity contribution >= 4 is 11.7 Å². The minimum absolute atomic E-state index is 0.160. The van der Waals surface area contributed by atoms with Crippen molar-refractivity contribution in [3.8, 4) is 11.4 Å². The van der Waals surface area contributed by atoms with Crippen molar-refractivity contribution in [3.05, 3.63) is 59.9 Å². The van der Waals surface area contributed by atoms with Gasteiger partial charge < -0.3 is 15.5 Å². The summed E-state index contributed by atoms with van der Waals surface area (Å²) in [5.41, 5.74) is 2.57. The summed E-state index contributed by atoms with van der Waals surface area (Å²) in [6.45, 7) is 2.93. The van der Waals surface area contributed by atoms with E-state index in [0.717, 1.165) is 50.9 Å².